The smallest absolute Gasteiger partial charge is 0.303 e. The van der Waals surface area contributed by atoms with Gasteiger partial charge in [-0.1, -0.05) is 27.4 Å². The Balaban J connectivity index is 2.42. The van der Waals surface area contributed by atoms with Crippen molar-refractivity contribution in [2.75, 3.05) is 0 Å². The number of fused-ring (bicyclic) bond motifs is 3. The Labute approximate surface area is 206 Å². The minimum absolute atomic E-state index is 0.0304. The van der Waals surface area contributed by atoms with Crippen LogP contribution in [0.4, 0.5) is 0 Å². The maximum absolute atomic E-state index is 12.4. The van der Waals surface area contributed by atoms with E-state index >= 15 is 0 Å². The van der Waals surface area contributed by atoms with E-state index < -0.39 is 77.2 Å². The molecule has 2 saturated carbocycles. The van der Waals surface area contributed by atoms with Gasteiger partial charge < -0.3 is 29.5 Å². The van der Waals surface area contributed by atoms with E-state index in [1.54, 1.807) is 13.8 Å². The maximum Gasteiger partial charge on any atom is 0.303 e. The molecule has 3 N–H and O–H groups in total. The van der Waals surface area contributed by atoms with Crippen LogP contribution >= 0.6 is 0 Å². The van der Waals surface area contributed by atoms with Gasteiger partial charge in [0, 0.05) is 33.1 Å². The third-order valence-corrected chi connectivity index (χ3v) is 8.47. The van der Waals surface area contributed by atoms with E-state index in [0.717, 1.165) is 0 Å². The Bertz CT molecular complexity index is 950. The maximum atomic E-state index is 12.4. The summed E-state index contributed by atoms with van der Waals surface area (Å²) in [6, 6.07) is 0. The summed E-state index contributed by atoms with van der Waals surface area (Å²) in [5, 5.41) is 33.7. The zero-order valence-corrected chi connectivity index (χ0v) is 21.5. The van der Waals surface area contributed by atoms with Crippen molar-refractivity contribution in [3.8, 4) is 0 Å². The van der Waals surface area contributed by atoms with Crippen LogP contribution in [0.5, 0.6) is 0 Å². The Kier molecular flexibility index (Phi) is 7.30. The van der Waals surface area contributed by atoms with E-state index in [9.17, 15) is 29.7 Å². The molecule has 3 rings (SSSR count). The molecule has 9 atom stereocenters. The van der Waals surface area contributed by atoms with Crippen molar-refractivity contribution in [3.05, 3.63) is 23.3 Å². The normalized spacial score (nSPS) is 40.7. The Hall–Kier alpha value is -2.23. The third-order valence-electron chi connectivity index (χ3n) is 8.47. The summed E-state index contributed by atoms with van der Waals surface area (Å²) in [6.45, 7) is 15.0. The molecule has 0 spiro atoms. The van der Waals surface area contributed by atoms with Gasteiger partial charge in [0.15, 0.2) is 12.2 Å². The van der Waals surface area contributed by atoms with Crippen LogP contribution in [0.15, 0.2) is 23.3 Å². The molecule has 3 aliphatic rings. The van der Waals surface area contributed by atoms with E-state index in [0.29, 0.717) is 16.7 Å². The molecule has 0 amide bonds. The number of carbonyl (C=O) groups excluding carboxylic acids is 3. The van der Waals surface area contributed by atoms with Crippen LogP contribution in [0, 0.1) is 22.7 Å². The summed E-state index contributed by atoms with van der Waals surface area (Å²) >= 11 is 0. The average molecular weight is 495 g/mol. The van der Waals surface area contributed by atoms with Gasteiger partial charge in [-0.05, 0) is 41.4 Å². The first-order chi connectivity index (χ1) is 16.0. The second-order valence-electron chi connectivity index (χ2n) is 11.0. The first-order valence-corrected chi connectivity index (χ1v) is 12.0. The van der Waals surface area contributed by atoms with Crippen LogP contribution in [0.25, 0.3) is 0 Å². The van der Waals surface area contributed by atoms with Crippen LogP contribution < -0.4 is 0 Å². The molecular weight excluding hydrogens is 456 g/mol. The van der Waals surface area contributed by atoms with E-state index in [1.165, 1.54) is 20.8 Å². The Morgan fingerprint density at radius 2 is 1.43 bits per heavy atom. The second kappa shape index (κ2) is 9.33. The molecule has 0 aromatic carbocycles. The first kappa shape index (κ1) is 27.4. The van der Waals surface area contributed by atoms with E-state index in [2.05, 4.69) is 6.58 Å². The number of rotatable bonds is 3. The molecule has 9 heteroatoms. The highest BCUT2D eigenvalue weighted by molar-refractivity contribution is 5.68. The number of hydrogen-bond donors (Lipinski definition) is 3. The van der Waals surface area contributed by atoms with Crippen LogP contribution in [-0.4, -0.2) is 69.9 Å². The Morgan fingerprint density at radius 1 is 0.886 bits per heavy atom. The van der Waals surface area contributed by atoms with Crippen molar-refractivity contribution in [1.82, 2.24) is 0 Å². The van der Waals surface area contributed by atoms with Gasteiger partial charge in [-0.2, -0.15) is 0 Å². The van der Waals surface area contributed by atoms with Crippen molar-refractivity contribution in [1.29, 1.82) is 0 Å². The van der Waals surface area contributed by atoms with Crippen molar-refractivity contribution in [3.63, 3.8) is 0 Å². The summed E-state index contributed by atoms with van der Waals surface area (Å²) in [4.78, 5) is 36.9. The predicted octanol–water partition coefficient (Wildman–Crippen LogP) is 1.82. The lowest BCUT2D eigenvalue weighted by Gasteiger charge is -2.60. The van der Waals surface area contributed by atoms with Crippen LogP contribution in [-0.2, 0) is 28.6 Å². The van der Waals surface area contributed by atoms with Crippen LogP contribution in [0.3, 0.4) is 0 Å². The van der Waals surface area contributed by atoms with E-state index in [1.807, 2.05) is 13.8 Å². The van der Waals surface area contributed by atoms with Gasteiger partial charge in [-0.25, -0.2) is 0 Å². The number of aliphatic hydroxyl groups excluding tert-OH is 3. The molecule has 0 saturated heterocycles. The second-order valence-corrected chi connectivity index (χ2v) is 11.0. The molecule has 0 aromatic rings. The standard InChI is InChI=1S/C26H38O9/c1-11-18(31)10-19(33-13(3)27)26(8)20(11)22(32)16-9-17(30)12(2)21(25(16,6)7)23(34-14(4)28)24(26)35-15(5)29/h16-20,22-24,30-32H,1,9-10H2,2-8H3. The molecule has 2 bridgehead atoms. The number of carbonyl (C=O) groups is 3. The summed E-state index contributed by atoms with van der Waals surface area (Å²) in [5.41, 5.74) is -0.678. The van der Waals surface area contributed by atoms with Gasteiger partial charge in [0.1, 0.15) is 6.10 Å². The minimum Gasteiger partial charge on any atom is -0.462 e. The van der Waals surface area contributed by atoms with Gasteiger partial charge in [0.2, 0.25) is 0 Å². The van der Waals surface area contributed by atoms with Gasteiger partial charge in [-0.3, -0.25) is 14.4 Å². The number of ether oxygens (including phenoxy) is 3. The summed E-state index contributed by atoms with van der Waals surface area (Å²) in [5.74, 6) is -3.33. The topological polar surface area (TPSA) is 140 Å². The highest BCUT2D eigenvalue weighted by Crippen LogP contribution is 2.60. The lowest BCUT2D eigenvalue weighted by Crippen LogP contribution is -2.67. The van der Waals surface area contributed by atoms with Gasteiger partial charge >= 0.3 is 17.9 Å². The molecule has 9 nitrogen and oxygen atoms in total. The van der Waals surface area contributed by atoms with Crippen molar-refractivity contribution < 1.29 is 43.9 Å². The molecule has 0 aliphatic heterocycles. The first-order valence-electron chi connectivity index (χ1n) is 12.0. The lowest BCUT2D eigenvalue weighted by atomic mass is 9.48. The summed E-state index contributed by atoms with van der Waals surface area (Å²) in [6.07, 6.45) is -6.31. The highest BCUT2D eigenvalue weighted by atomic mass is 16.6. The van der Waals surface area contributed by atoms with Gasteiger partial charge in [-0.15, -0.1) is 0 Å². The zero-order chi connectivity index (χ0) is 26.6. The van der Waals surface area contributed by atoms with Crippen LogP contribution in [0.2, 0.25) is 0 Å². The van der Waals surface area contributed by atoms with Crippen molar-refractivity contribution >= 4 is 17.9 Å². The fraction of sp³-hybridized carbons (Fsp3) is 0.731. The predicted molar refractivity (Wildman–Crippen MR) is 125 cm³/mol. The molecular formula is C26H38O9. The van der Waals surface area contributed by atoms with E-state index in [-0.39, 0.29) is 12.8 Å². The summed E-state index contributed by atoms with van der Waals surface area (Å²) < 4.78 is 17.4. The molecule has 9 unspecified atom stereocenters. The quantitative estimate of drug-likeness (QED) is 0.304. The van der Waals surface area contributed by atoms with Crippen molar-refractivity contribution in [2.45, 2.75) is 97.9 Å². The minimum atomic E-state index is -1.32. The number of hydrogen-bond acceptors (Lipinski definition) is 9. The fourth-order valence-electron chi connectivity index (χ4n) is 6.87. The van der Waals surface area contributed by atoms with Crippen molar-refractivity contribution in [2.24, 2.45) is 22.7 Å². The highest BCUT2D eigenvalue weighted by Gasteiger charge is 2.66. The average Bonchev–Trinajstić information content (AvgIpc) is 2.70. The summed E-state index contributed by atoms with van der Waals surface area (Å²) in [7, 11) is 0. The SMILES string of the molecule is C=C1C(O)CC(OC(C)=O)C2(C)C(OC(C)=O)C(OC(C)=O)C3=C(C)C(O)CC(C(O)C12)C3(C)C. The Morgan fingerprint density at radius 3 is 1.94 bits per heavy atom. The molecule has 0 aromatic heterocycles. The monoisotopic (exact) mass is 494 g/mol. The molecule has 196 valence electrons. The lowest BCUT2D eigenvalue weighted by molar-refractivity contribution is -0.224. The fourth-order valence-corrected chi connectivity index (χ4v) is 6.87. The van der Waals surface area contributed by atoms with Crippen LogP contribution in [0.1, 0.15) is 61.3 Å². The molecule has 2 fully saturated rings. The zero-order valence-electron chi connectivity index (χ0n) is 21.5. The largest absolute Gasteiger partial charge is 0.462 e. The molecule has 0 radical (unpaired) electrons. The number of aliphatic hydroxyl groups is 3. The number of esters is 3. The molecule has 0 heterocycles. The molecule has 35 heavy (non-hydrogen) atoms. The third kappa shape index (κ3) is 4.42. The molecule has 3 aliphatic carbocycles. The van der Waals surface area contributed by atoms with Gasteiger partial charge in [0.25, 0.3) is 0 Å². The van der Waals surface area contributed by atoms with E-state index in [4.69, 9.17) is 14.2 Å². The van der Waals surface area contributed by atoms with Gasteiger partial charge in [0.05, 0.1) is 23.7 Å².